The van der Waals surface area contributed by atoms with Crippen molar-refractivity contribution in [1.29, 1.82) is 0 Å². The van der Waals surface area contributed by atoms with E-state index in [-0.39, 0.29) is 11.4 Å². The summed E-state index contributed by atoms with van der Waals surface area (Å²) in [5.74, 6) is -26.3. The van der Waals surface area contributed by atoms with Crippen molar-refractivity contribution < 1.29 is 54.1 Å². The Balaban J connectivity index is 2.11. The van der Waals surface area contributed by atoms with Gasteiger partial charge in [0.1, 0.15) is 11.5 Å². The number of esters is 1. The lowest BCUT2D eigenvalue weighted by Gasteiger charge is -2.36. The molecule has 0 bridgehead atoms. The number of carbonyl (C=O) groups excluding carboxylic acids is 1. The van der Waals surface area contributed by atoms with Crippen LogP contribution in [0, 0.1) is 0 Å². The largest absolute Gasteiger partial charge is 0.487 e. The molecule has 2 rings (SSSR count). The number of hydrogen-bond acceptors (Lipinski definition) is 6. The summed E-state index contributed by atoms with van der Waals surface area (Å²) < 4.78 is 126. The van der Waals surface area contributed by atoms with Gasteiger partial charge >= 0.3 is 29.7 Å². The van der Waals surface area contributed by atoms with Crippen LogP contribution in [0.4, 0.5) is 46.5 Å². The Labute approximate surface area is 199 Å². The molecule has 0 saturated carbocycles. The third-order valence-corrected chi connectivity index (χ3v) is 4.67. The van der Waals surface area contributed by atoms with Crippen LogP contribution in [0.1, 0.15) is 5.56 Å². The molecule has 0 fully saturated rings. The van der Waals surface area contributed by atoms with Crippen molar-refractivity contribution in [1.82, 2.24) is 0 Å². The molecule has 0 amide bonds. The maximum atomic E-state index is 14.1. The number of anilines is 2. The van der Waals surface area contributed by atoms with Crippen LogP contribution in [0.25, 0.3) is 6.08 Å². The van der Waals surface area contributed by atoms with Gasteiger partial charge in [0.15, 0.2) is 13.2 Å². The number of methoxy groups -OCH3 is 1. The highest BCUT2D eigenvalue weighted by Gasteiger charge is 2.81. The van der Waals surface area contributed by atoms with Gasteiger partial charge < -0.3 is 25.7 Å². The summed E-state index contributed by atoms with van der Waals surface area (Å²) in [4.78, 5) is 11.0. The highest BCUT2D eigenvalue weighted by molar-refractivity contribution is 5.86. The quantitative estimate of drug-likeness (QED) is 0.184. The van der Waals surface area contributed by atoms with Crippen LogP contribution < -0.4 is 20.9 Å². The molecular formula is C22H20F8N2O4. The minimum absolute atomic E-state index is 0.0652. The van der Waals surface area contributed by atoms with Crippen molar-refractivity contribution in [3.05, 3.63) is 54.1 Å². The molecule has 0 aliphatic rings. The van der Waals surface area contributed by atoms with Crippen molar-refractivity contribution >= 4 is 23.4 Å². The van der Waals surface area contributed by atoms with Gasteiger partial charge in [-0.05, 0) is 42.0 Å². The summed E-state index contributed by atoms with van der Waals surface area (Å²) in [6.45, 7) is -4.74. The Morgan fingerprint density at radius 2 is 1.36 bits per heavy atom. The normalized spacial score (nSPS) is 13.0. The Bertz CT molecular complexity index is 1090. The van der Waals surface area contributed by atoms with E-state index in [1.54, 1.807) is 0 Å². The molecule has 0 saturated heterocycles. The first-order valence-electron chi connectivity index (χ1n) is 9.82. The summed E-state index contributed by atoms with van der Waals surface area (Å²) in [6.07, 6.45) is 2.29. The van der Waals surface area contributed by atoms with E-state index >= 15 is 0 Å². The number of nitrogens with two attached hydrogens (primary N) is 2. The van der Waals surface area contributed by atoms with E-state index in [0.717, 1.165) is 43.5 Å². The molecule has 0 unspecified atom stereocenters. The topological polar surface area (TPSA) is 96.8 Å². The van der Waals surface area contributed by atoms with Crippen LogP contribution in [0.2, 0.25) is 0 Å². The van der Waals surface area contributed by atoms with Gasteiger partial charge in [-0.1, -0.05) is 12.1 Å². The second-order valence-corrected chi connectivity index (χ2v) is 7.36. The molecule has 198 valence electrons. The molecule has 2 aromatic rings. The molecule has 0 spiro atoms. The average Bonchev–Trinajstić information content (AvgIpc) is 2.80. The van der Waals surface area contributed by atoms with Gasteiger partial charge in [0.05, 0.1) is 12.8 Å². The van der Waals surface area contributed by atoms with E-state index in [2.05, 4.69) is 14.2 Å². The number of nitrogen functional groups attached to an aromatic ring is 2. The van der Waals surface area contributed by atoms with E-state index in [0.29, 0.717) is 5.56 Å². The summed E-state index contributed by atoms with van der Waals surface area (Å²) in [5, 5.41) is 0. The molecule has 14 heteroatoms. The molecule has 6 nitrogen and oxygen atoms in total. The number of benzene rings is 2. The number of rotatable bonds is 11. The van der Waals surface area contributed by atoms with Gasteiger partial charge in [-0.15, -0.1) is 0 Å². The monoisotopic (exact) mass is 528 g/mol. The lowest BCUT2D eigenvalue weighted by atomic mass is 9.99. The lowest BCUT2D eigenvalue weighted by molar-refractivity contribution is -0.371. The Morgan fingerprint density at radius 3 is 1.86 bits per heavy atom. The lowest BCUT2D eigenvalue weighted by Crippen LogP contribution is -2.65. The van der Waals surface area contributed by atoms with Crippen molar-refractivity contribution in [2.45, 2.75) is 23.7 Å². The van der Waals surface area contributed by atoms with Crippen LogP contribution in [-0.2, 0) is 9.53 Å². The van der Waals surface area contributed by atoms with Crippen LogP contribution in [-0.4, -0.2) is 50.0 Å². The van der Waals surface area contributed by atoms with Crippen molar-refractivity contribution in [2.75, 3.05) is 31.8 Å². The van der Waals surface area contributed by atoms with Crippen LogP contribution in [0.3, 0.4) is 0 Å². The number of hydrogen-bond donors (Lipinski definition) is 2. The molecule has 0 aliphatic carbocycles. The van der Waals surface area contributed by atoms with Gasteiger partial charge in [0, 0.05) is 11.8 Å². The summed E-state index contributed by atoms with van der Waals surface area (Å²) in [7, 11) is 1.13. The fourth-order valence-corrected chi connectivity index (χ4v) is 2.59. The Morgan fingerprint density at radius 1 is 0.833 bits per heavy atom. The first-order valence-corrected chi connectivity index (χ1v) is 9.82. The van der Waals surface area contributed by atoms with Crippen LogP contribution in [0.15, 0.2) is 48.5 Å². The smallest absolute Gasteiger partial charge is 0.381 e. The van der Waals surface area contributed by atoms with Gasteiger partial charge in [0.2, 0.25) is 0 Å². The zero-order valence-electron chi connectivity index (χ0n) is 18.4. The van der Waals surface area contributed by atoms with E-state index in [4.69, 9.17) is 11.5 Å². The number of carbonyl (C=O) groups is 1. The zero-order valence-corrected chi connectivity index (χ0v) is 18.4. The SMILES string of the molecule is COC(=O)/C=C/c1ccc(OCC(F)(F)C(F)(F)C(F)(F)C(F)(F)COc2ccc(N)cc2N)cc1. The second kappa shape index (κ2) is 10.5. The number of halogens is 8. The fraction of sp³-hybridized carbons (Fsp3) is 0.318. The predicted molar refractivity (Wildman–Crippen MR) is 114 cm³/mol. The molecule has 0 atom stereocenters. The minimum atomic E-state index is -6.56. The first-order chi connectivity index (χ1) is 16.5. The van der Waals surface area contributed by atoms with Gasteiger partial charge in [-0.3, -0.25) is 0 Å². The van der Waals surface area contributed by atoms with E-state index in [1.165, 1.54) is 18.2 Å². The standard InChI is InChI=1S/C22H20F8N2O4/c1-34-18(33)9-4-13-2-6-15(7-3-13)35-11-19(23,24)21(27,28)22(29,30)20(25,26)12-36-17-8-5-14(31)10-16(17)32/h2-10H,11-12,31-32H2,1H3/b9-4+. The molecule has 2 aromatic carbocycles. The Kier molecular flexibility index (Phi) is 8.32. The molecule has 0 radical (unpaired) electrons. The van der Waals surface area contributed by atoms with E-state index < -0.39 is 54.4 Å². The van der Waals surface area contributed by atoms with Crippen LogP contribution in [0.5, 0.6) is 11.5 Å². The molecule has 0 aromatic heterocycles. The molecular weight excluding hydrogens is 508 g/mol. The van der Waals surface area contributed by atoms with E-state index in [1.807, 2.05) is 0 Å². The predicted octanol–water partition coefficient (Wildman–Crippen LogP) is 5.04. The second-order valence-electron chi connectivity index (χ2n) is 7.36. The summed E-state index contributed by atoms with van der Waals surface area (Å²) in [5.41, 5.74) is 10.8. The Hall–Kier alpha value is -3.71. The van der Waals surface area contributed by atoms with Crippen LogP contribution >= 0.6 is 0 Å². The van der Waals surface area contributed by atoms with Gasteiger partial charge in [-0.2, -0.15) is 35.1 Å². The average molecular weight is 528 g/mol. The third kappa shape index (κ3) is 6.10. The van der Waals surface area contributed by atoms with E-state index in [9.17, 15) is 39.9 Å². The first kappa shape index (κ1) is 28.5. The minimum Gasteiger partial charge on any atom is -0.487 e. The van der Waals surface area contributed by atoms with Crippen molar-refractivity contribution in [2.24, 2.45) is 0 Å². The molecule has 4 N–H and O–H groups in total. The van der Waals surface area contributed by atoms with Crippen molar-refractivity contribution in [3.8, 4) is 11.5 Å². The maximum Gasteiger partial charge on any atom is 0.381 e. The molecule has 36 heavy (non-hydrogen) atoms. The molecule has 0 aliphatic heterocycles. The van der Waals surface area contributed by atoms with Gasteiger partial charge in [-0.25, -0.2) is 4.79 Å². The highest BCUT2D eigenvalue weighted by Crippen LogP contribution is 2.52. The number of alkyl halides is 8. The van der Waals surface area contributed by atoms with Crippen molar-refractivity contribution in [3.63, 3.8) is 0 Å². The highest BCUT2D eigenvalue weighted by atomic mass is 19.4. The summed E-state index contributed by atoms with van der Waals surface area (Å²) in [6, 6.07) is 7.47. The third-order valence-electron chi connectivity index (χ3n) is 4.67. The fourth-order valence-electron chi connectivity index (χ4n) is 2.59. The zero-order chi connectivity index (χ0) is 27.4. The number of ether oxygens (including phenoxy) is 3. The summed E-state index contributed by atoms with van der Waals surface area (Å²) >= 11 is 0. The maximum absolute atomic E-state index is 14.1. The molecule has 0 heterocycles. The van der Waals surface area contributed by atoms with Gasteiger partial charge in [0.25, 0.3) is 0 Å².